The quantitative estimate of drug-likeness (QED) is 0.237. The van der Waals surface area contributed by atoms with Crippen LogP contribution in [0.2, 0.25) is 0 Å². The minimum absolute atomic E-state index is 0.880. The van der Waals surface area contributed by atoms with Crippen LogP contribution < -0.4 is 4.74 Å². The van der Waals surface area contributed by atoms with Crippen LogP contribution in [0.15, 0.2) is 12.1 Å². The summed E-state index contributed by atoms with van der Waals surface area (Å²) in [5.41, 5.74) is 2.15. The average Bonchev–Trinajstić information content (AvgIpc) is 2.62. The van der Waals surface area contributed by atoms with Crippen molar-refractivity contribution in [3.63, 3.8) is 0 Å². The molecule has 0 unspecified atom stereocenters. The molecule has 0 saturated heterocycles. The van der Waals surface area contributed by atoms with Crippen LogP contribution in [-0.2, 0) is 6.54 Å². The highest BCUT2D eigenvalue weighted by Crippen LogP contribution is 2.18. The fourth-order valence-electron chi connectivity index (χ4n) is 3.80. The predicted octanol–water partition coefficient (Wildman–Crippen LogP) is 6.68. The fourth-order valence-corrected chi connectivity index (χ4v) is 3.80. The first-order chi connectivity index (χ1) is 13.0. The molecule has 0 aliphatic rings. The van der Waals surface area contributed by atoms with E-state index < -0.39 is 0 Å². The van der Waals surface area contributed by atoms with Gasteiger partial charge in [-0.3, -0.25) is 0 Å². The Morgan fingerprint density at radius 2 is 1.33 bits per heavy atom. The van der Waals surface area contributed by atoms with Gasteiger partial charge in [-0.25, -0.2) is 4.98 Å². The van der Waals surface area contributed by atoms with E-state index in [1.54, 1.807) is 7.11 Å². The van der Waals surface area contributed by atoms with Gasteiger partial charge in [-0.2, -0.15) is 0 Å². The summed E-state index contributed by atoms with van der Waals surface area (Å²) in [6, 6.07) is 4.15. The number of aromatic nitrogens is 1. The Bertz CT molecular complexity index is 499. The molecule has 0 saturated carbocycles. The van der Waals surface area contributed by atoms with E-state index in [9.17, 15) is 0 Å². The van der Waals surface area contributed by atoms with Crippen molar-refractivity contribution < 1.29 is 9.22 Å². The lowest BCUT2D eigenvalue weighted by atomic mass is 10.1. The van der Waals surface area contributed by atoms with E-state index in [0.717, 1.165) is 28.2 Å². The molecule has 27 heavy (non-hydrogen) atoms. The third kappa shape index (κ3) is 11.4. The highest BCUT2D eigenvalue weighted by Gasteiger charge is 2.17. The molecule has 0 aliphatic carbocycles. The molecule has 0 aromatic carbocycles. The Kier molecular flexibility index (Phi) is 12.4. The molecule has 3 nitrogen and oxygen atoms in total. The topological polar surface area (TPSA) is 22.1 Å². The van der Waals surface area contributed by atoms with Crippen molar-refractivity contribution in [3.05, 3.63) is 23.5 Å². The molecule has 1 heterocycles. The third-order valence-corrected chi connectivity index (χ3v) is 5.52. The Balaban J connectivity index is 2.07. The monoisotopic (exact) mass is 377 g/mol. The highest BCUT2D eigenvalue weighted by atomic mass is 16.5. The second kappa shape index (κ2) is 14.0. The van der Waals surface area contributed by atoms with Crippen LogP contribution in [0, 0.1) is 6.92 Å². The lowest BCUT2D eigenvalue weighted by Crippen LogP contribution is -2.39. The zero-order valence-electron chi connectivity index (χ0n) is 18.9. The molecule has 0 radical (unpaired) electrons. The predicted molar refractivity (Wildman–Crippen MR) is 117 cm³/mol. The zero-order valence-corrected chi connectivity index (χ0v) is 18.9. The SMILES string of the molecule is CCCCCCCCCCCCCC[N+](C)(C)Cc1ccc(OC)c(C)n1. The van der Waals surface area contributed by atoms with Gasteiger partial charge in [0.25, 0.3) is 0 Å². The minimum atomic E-state index is 0.880. The zero-order chi connectivity index (χ0) is 20.0. The molecular weight excluding hydrogens is 332 g/mol. The molecule has 0 atom stereocenters. The second-order valence-electron chi connectivity index (χ2n) is 8.80. The molecule has 1 aromatic heterocycles. The molecule has 1 rings (SSSR count). The molecule has 156 valence electrons. The van der Waals surface area contributed by atoms with Gasteiger partial charge in [-0.05, 0) is 31.9 Å². The number of ether oxygens (including phenoxy) is 1. The maximum Gasteiger partial charge on any atom is 0.140 e. The molecule has 0 N–H and O–H groups in total. The van der Waals surface area contributed by atoms with E-state index in [4.69, 9.17) is 9.72 Å². The van der Waals surface area contributed by atoms with Crippen molar-refractivity contribution in [1.29, 1.82) is 0 Å². The minimum Gasteiger partial charge on any atom is -0.495 e. The Labute approximate surface area is 169 Å². The number of hydrogen-bond acceptors (Lipinski definition) is 2. The van der Waals surface area contributed by atoms with E-state index in [0.29, 0.717) is 0 Å². The van der Waals surface area contributed by atoms with Gasteiger partial charge >= 0.3 is 0 Å². The van der Waals surface area contributed by atoms with Crippen molar-refractivity contribution >= 4 is 0 Å². The van der Waals surface area contributed by atoms with Gasteiger partial charge in [-0.1, -0.05) is 71.1 Å². The van der Waals surface area contributed by atoms with E-state index >= 15 is 0 Å². The first kappa shape index (κ1) is 23.9. The van der Waals surface area contributed by atoms with Crippen molar-refractivity contribution in [2.75, 3.05) is 27.7 Å². The summed E-state index contributed by atoms with van der Waals surface area (Å²) in [6.07, 6.45) is 16.9. The van der Waals surface area contributed by atoms with Crippen molar-refractivity contribution in [1.82, 2.24) is 4.98 Å². The van der Waals surface area contributed by atoms with Crippen LogP contribution in [0.1, 0.15) is 95.4 Å². The van der Waals surface area contributed by atoms with Gasteiger partial charge in [0, 0.05) is 0 Å². The van der Waals surface area contributed by atoms with Crippen LogP contribution in [0.3, 0.4) is 0 Å². The van der Waals surface area contributed by atoms with E-state index in [2.05, 4.69) is 27.1 Å². The maximum atomic E-state index is 5.31. The van der Waals surface area contributed by atoms with Crippen molar-refractivity contribution in [2.24, 2.45) is 0 Å². The van der Waals surface area contributed by atoms with Crippen LogP contribution in [-0.4, -0.2) is 37.2 Å². The second-order valence-corrected chi connectivity index (χ2v) is 8.80. The van der Waals surface area contributed by atoms with E-state index in [-0.39, 0.29) is 0 Å². The Morgan fingerprint density at radius 3 is 1.81 bits per heavy atom. The van der Waals surface area contributed by atoms with E-state index in [1.807, 2.05) is 13.0 Å². The van der Waals surface area contributed by atoms with Gasteiger partial charge in [0.05, 0.1) is 39.1 Å². The third-order valence-electron chi connectivity index (χ3n) is 5.52. The Morgan fingerprint density at radius 1 is 0.815 bits per heavy atom. The maximum absolute atomic E-state index is 5.31. The number of unbranched alkanes of at least 4 members (excludes halogenated alkanes) is 11. The lowest BCUT2D eigenvalue weighted by Gasteiger charge is -2.29. The van der Waals surface area contributed by atoms with Gasteiger partial charge in [-0.15, -0.1) is 0 Å². The summed E-state index contributed by atoms with van der Waals surface area (Å²) in [4.78, 5) is 4.70. The number of hydrogen-bond donors (Lipinski definition) is 0. The largest absolute Gasteiger partial charge is 0.495 e. The molecule has 0 fully saturated rings. The molecule has 0 aliphatic heterocycles. The Hall–Kier alpha value is -1.09. The summed E-state index contributed by atoms with van der Waals surface area (Å²) in [7, 11) is 6.34. The average molecular weight is 378 g/mol. The summed E-state index contributed by atoms with van der Waals surface area (Å²) in [6.45, 7) is 6.53. The molecule has 0 amide bonds. The van der Waals surface area contributed by atoms with Crippen LogP contribution >= 0.6 is 0 Å². The van der Waals surface area contributed by atoms with Gasteiger partial charge < -0.3 is 9.22 Å². The van der Waals surface area contributed by atoms with Gasteiger partial charge in [0.1, 0.15) is 12.3 Å². The number of nitrogens with zero attached hydrogens (tertiary/aromatic N) is 2. The molecular formula is C24H45N2O+. The molecule has 1 aromatic rings. The number of pyridine rings is 1. The first-order valence-electron chi connectivity index (χ1n) is 11.3. The summed E-state index contributed by atoms with van der Waals surface area (Å²) in [5, 5.41) is 0. The number of methoxy groups -OCH3 is 1. The molecule has 0 bridgehead atoms. The van der Waals surface area contributed by atoms with Gasteiger partial charge in [0.15, 0.2) is 0 Å². The fraction of sp³-hybridized carbons (Fsp3) is 0.792. The summed E-state index contributed by atoms with van der Waals surface area (Å²) >= 11 is 0. The number of rotatable bonds is 16. The summed E-state index contributed by atoms with van der Waals surface area (Å²) < 4.78 is 6.32. The summed E-state index contributed by atoms with van der Waals surface area (Å²) in [5.74, 6) is 0.880. The molecule has 3 heteroatoms. The highest BCUT2D eigenvalue weighted by molar-refractivity contribution is 5.27. The van der Waals surface area contributed by atoms with Crippen molar-refractivity contribution in [2.45, 2.75) is 97.4 Å². The standard InChI is InChI=1S/C24H45N2O/c1-6-7-8-9-10-11-12-13-14-15-16-17-20-26(3,4)21-23-18-19-24(27-5)22(2)25-23/h18-19H,6-17,20-21H2,1-5H3/q+1. The van der Waals surface area contributed by atoms with Crippen LogP contribution in [0.4, 0.5) is 0 Å². The smallest absolute Gasteiger partial charge is 0.140 e. The van der Waals surface area contributed by atoms with Crippen molar-refractivity contribution in [3.8, 4) is 5.75 Å². The number of quaternary nitrogens is 1. The van der Waals surface area contributed by atoms with E-state index in [1.165, 1.54) is 83.6 Å². The van der Waals surface area contributed by atoms with Crippen LogP contribution in [0.25, 0.3) is 0 Å². The normalized spacial score (nSPS) is 11.7. The molecule has 0 spiro atoms. The first-order valence-corrected chi connectivity index (χ1v) is 11.3. The van der Waals surface area contributed by atoms with Crippen LogP contribution in [0.5, 0.6) is 5.75 Å². The van der Waals surface area contributed by atoms with Gasteiger partial charge in [0.2, 0.25) is 0 Å². The lowest BCUT2D eigenvalue weighted by molar-refractivity contribution is -0.904. The number of aryl methyl sites for hydroxylation is 1.